The van der Waals surface area contributed by atoms with Gasteiger partial charge in [-0.3, -0.25) is 4.79 Å². The highest BCUT2D eigenvalue weighted by molar-refractivity contribution is 6.34. The molecule has 1 aromatic heterocycles. The smallest absolute Gasteiger partial charge is 0.336 e. The molecule has 0 aliphatic carbocycles. The second kappa shape index (κ2) is 12.4. The van der Waals surface area contributed by atoms with Crippen LogP contribution in [0, 0.1) is 12.7 Å². The third-order valence-corrected chi connectivity index (χ3v) is 7.51. The number of benzene rings is 4. The molecule has 1 amide bonds. The van der Waals surface area contributed by atoms with Gasteiger partial charge < -0.3 is 15.4 Å². The Labute approximate surface area is 248 Å². The van der Waals surface area contributed by atoms with Gasteiger partial charge >= 0.3 is 5.97 Å². The number of halogens is 2. The Morgan fingerprint density at radius 1 is 1.00 bits per heavy atom. The van der Waals surface area contributed by atoms with Crippen LogP contribution in [0.25, 0.3) is 33.8 Å². The third-order valence-electron chi connectivity index (χ3n) is 7.19. The van der Waals surface area contributed by atoms with Crippen molar-refractivity contribution >= 4 is 23.5 Å². The molecule has 4 aromatic carbocycles. The van der Waals surface area contributed by atoms with Crippen molar-refractivity contribution in [2.75, 3.05) is 0 Å². The maximum absolute atomic E-state index is 14.2. The Morgan fingerprint density at radius 2 is 1.79 bits per heavy atom. The van der Waals surface area contributed by atoms with Crippen molar-refractivity contribution < 1.29 is 19.1 Å². The van der Waals surface area contributed by atoms with Gasteiger partial charge in [0.15, 0.2) is 0 Å². The van der Waals surface area contributed by atoms with E-state index < -0.39 is 5.97 Å². The average Bonchev–Trinajstić information content (AvgIpc) is 3.49. The zero-order valence-electron chi connectivity index (χ0n) is 23.1. The number of aromatic nitrogens is 2. The standard InChI is InChI=1S/C34H29ClFN3O3/c1-3-8-29(21-9-5-4-6-10-21)39-33(40)23-15-16-24(26(17-23)34(41)42)31-25(11-7-12-27(31)35)32-37-19-30(38-32)22-14-13-20(2)28(36)18-22/h4-7,9-19,29H,3,8H2,1-2H3,(H,37,38)(H,39,40)(H,41,42)/t29-/m1/s1. The predicted molar refractivity (Wildman–Crippen MR) is 163 cm³/mol. The van der Waals surface area contributed by atoms with Gasteiger partial charge in [-0.25, -0.2) is 14.2 Å². The third kappa shape index (κ3) is 5.97. The SMILES string of the molecule is CCC[C@@H](NC(=O)c1ccc(-c2c(Cl)cccc2-c2ncc(-c3ccc(C)c(F)c3)[nH]2)c(C(=O)O)c1)c1ccccc1. The van der Waals surface area contributed by atoms with E-state index in [2.05, 4.69) is 15.3 Å². The maximum Gasteiger partial charge on any atom is 0.336 e. The van der Waals surface area contributed by atoms with Crippen molar-refractivity contribution in [2.45, 2.75) is 32.7 Å². The van der Waals surface area contributed by atoms with Gasteiger partial charge in [-0.1, -0.05) is 85.6 Å². The molecule has 0 saturated heterocycles. The number of hydrogen-bond acceptors (Lipinski definition) is 3. The number of aryl methyl sites for hydroxylation is 1. The molecule has 0 unspecified atom stereocenters. The van der Waals surface area contributed by atoms with Gasteiger partial charge in [-0.15, -0.1) is 0 Å². The van der Waals surface area contributed by atoms with Crippen LogP contribution in [-0.2, 0) is 0 Å². The van der Waals surface area contributed by atoms with Gasteiger partial charge in [-0.05, 0) is 54.3 Å². The first kappa shape index (κ1) is 28.8. The number of amides is 1. The monoisotopic (exact) mass is 581 g/mol. The van der Waals surface area contributed by atoms with Gasteiger partial charge in [0, 0.05) is 27.3 Å². The molecule has 6 nitrogen and oxygen atoms in total. The number of carboxylic acids is 1. The molecule has 5 aromatic rings. The Kier molecular flexibility index (Phi) is 8.50. The van der Waals surface area contributed by atoms with Crippen molar-refractivity contribution in [1.29, 1.82) is 0 Å². The molecule has 0 aliphatic rings. The van der Waals surface area contributed by atoms with E-state index in [0.717, 1.165) is 18.4 Å². The van der Waals surface area contributed by atoms with E-state index in [1.807, 2.05) is 37.3 Å². The second-order valence-electron chi connectivity index (χ2n) is 10.1. The molecule has 1 atom stereocenters. The first-order chi connectivity index (χ1) is 20.3. The molecule has 0 spiro atoms. The summed E-state index contributed by atoms with van der Waals surface area (Å²) >= 11 is 6.66. The molecule has 0 saturated carbocycles. The lowest BCUT2D eigenvalue weighted by Crippen LogP contribution is -2.28. The van der Waals surface area contributed by atoms with Crippen molar-refractivity contribution in [3.63, 3.8) is 0 Å². The van der Waals surface area contributed by atoms with Crippen LogP contribution in [-0.4, -0.2) is 27.0 Å². The summed E-state index contributed by atoms with van der Waals surface area (Å²) in [5.41, 5.74) is 4.25. The van der Waals surface area contributed by atoms with Gasteiger partial charge in [0.1, 0.15) is 11.6 Å². The average molecular weight is 582 g/mol. The lowest BCUT2D eigenvalue weighted by Gasteiger charge is -2.19. The molecule has 8 heteroatoms. The number of H-pyrrole nitrogens is 1. The minimum atomic E-state index is -1.20. The topological polar surface area (TPSA) is 95.1 Å². The minimum absolute atomic E-state index is 0.0730. The van der Waals surface area contributed by atoms with Crippen molar-refractivity contribution in [3.05, 3.63) is 124 Å². The van der Waals surface area contributed by atoms with Crippen molar-refractivity contribution in [3.8, 4) is 33.8 Å². The number of nitrogens with one attached hydrogen (secondary N) is 2. The van der Waals surface area contributed by atoms with Crippen LogP contribution in [0.3, 0.4) is 0 Å². The summed E-state index contributed by atoms with van der Waals surface area (Å²) in [7, 11) is 0. The molecule has 5 rings (SSSR count). The van der Waals surface area contributed by atoms with Gasteiger partial charge in [0.25, 0.3) is 5.91 Å². The summed E-state index contributed by atoms with van der Waals surface area (Å²) in [6, 6.07) is 24.1. The number of aromatic carboxylic acids is 1. The predicted octanol–water partition coefficient (Wildman–Crippen LogP) is 8.48. The second-order valence-corrected chi connectivity index (χ2v) is 10.5. The van der Waals surface area contributed by atoms with Crippen molar-refractivity contribution in [1.82, 2.24) is 15.3 Å². The summed E-state index contributed by atoms with van der Waals surface area (Å²) < 4.78 is 14.2. The van der Waals surface area contributed by atoms with E-state index in [1.165, 1.54) is 12.1 Å². The Morgan fingerprint density at radius 3 is 2.50 bits per heavy atom. The quantitative estimate of drug-likeness (QED) is 0.163. The largest absolute Gasteiger partial charge is 0.478 e. The number of carbonyl (C=O) groups is 2. The zero-order chi connectivity index (χ0) is 29.8. The zero-order valence-corrected chi connectivity index (χ0v) is 23.9. The summed E-state index contributed by atoms with van der Waals surface area (Å²) in [5, 5.41) is 13.6. The van der Waals surface area contributed by atoms with E-state index in [1.54, 1.807) is 55.6 Å². The first-order valence-electron chi connectivity index (χ1n) is 13.6. The number of rotatable bonds is 9. The fraction of sp³-hybridized carbons (Fsp3) is 0.147. The van der Waals surface area contributed by atoms with E-state index in [0.29, 0.717) is 44.4 Å². The first-order valence-corrected chi connectivity index (χ1v) is 14.0. The molecule has 0 bridgehead atoms. The molecule has 1 heterocycles. The summed E-state index contributed by atoms with van der Waals surface area (Å²) in [4.78, 5) is 33.5. The Bertz CT molecular complexity index is 1770. The van der Waals surface area contributed by atoms with Crippen LogP contribution in [0.2, 0.25) is 5.02 Å². The van der Waals surface area contributed by atoms with E-state index >= 15 is 0 Å². The highest BCUT2D eigenvalue weighted by atomic mass is 35.5. The molecule has 42 heavy (non-hydrogen) atoms. The lowest BCUT2D eigenvalue weighted by molar-refractivity contribution is 0.0697. The van der Waals surface area contributed by atoms with Gasteiger partial charge in [-0.2, -0.15) is 0 Å². The number of imidazole rings is 1. The highest BCUT2D eigenvalue weighted by Crippen LogP contribution is 2.39. The fourth-order valence-electron chi connectivity index (χ4n) is 4.98. The van der Waals surface area contributed by atoms with Crippen LogP contribution in [0.1, 0.15) is 57.7 Å². The molecule has 212 valence electrons. The fourth-order valence-corrected chi connectivity index (χ4v) is 5.25. The summed E-state index contributed by atoms with van der Waals surface area (Å²) in [6.45, 7) is 3.74. The lowest BCUT2D eigenvalue weighted by atomic mass is 9.93. The number of aromatic amines is 1. The number of carboxylic acid groups (broad SMARTS) is 1. The summed E-state index contributed by atoms with van der Waals surface area (Å²) in [6.07, 6.45) is 3.19. The van der Waals surface area contributed by atoms with Crippen LogP contribution in [0.5, 0.6) is 0 Å². The van der Waals surface area contributed by atoms with Crippen LogP contribution in [0.15, 0.2) is 91.1 Å². The molecule has 0 aliphatic heterocycles. The maximum atomic E-state index is 14.2. The molecule has 0 radical (unpaired) electrons. The van der Waals surface area contributed by atoms with E-state index in [4.69, 9.17) is 11.6 Å². The molecule has 3 N–H and O–H groups in total. The highest BCUT2D eigenvalue weighted by Gasteiger charge is 2.23. The van der Waals surface area contributed by atoms with Crippen LogP contribution in [0.4, 0.5) is 4.39 Å². The van der Waals surface area contributed by atoms with Crippen molar-refractivity contribution in [2.24, 2.45) is 0 Å². The van der Waals surface area contributed by atoms with Crippen LogP contribution < -0.4 is 5.32 Å². The van der Waals surface area contributed by atoms with Crippen LogP contribution >= 0.6 is 11.6 Å². The van der Waals surface area contributed by atoms with Gasteiger partial charge in [0.2, 0.25) is 0 Å². The molecular formula is C34H29ClFN3O3. The molecule has 0 fully saturated rings. The summed E-state index contributed by atoms with van der Waals surface area (Å²) in [5.74, 6) is -1.46. The number of carbonyl (C=O) groups excluding carboxylic acids is 1. The van der Waals surface area contributed by atoms with E-state index in [-0.39, 0.29) is 28.9 Å². The molecular weight excluding hydrogens is 553 g/mol. The Hall–Kier alpha value is -4.75. The number of nitrogens with zero attached hydrogens (tertiary/aromatic N) is 1. The van der Waals surface area contributed by atoms with Gasteiger partial charge in [0.05, 0.1) is 23.5 Å². The number of hydrogen-bond donors (Lipinski definition) is 3. The minimum Gasteiger partial charge on any atom is -0.478 e. The van der Waals surface area contributed by atoms with E-state index in [9.17, 15) is 19.1 Å². The normalized spacial score (nSPS) is 11.7. The Balaban J connectivity index is 1.52.